The Balaban J connectivity index is 5.18. The maximum atomic E-state index is 12.5. The van der Waals surface area contributed by atoms with Crippen LogP contribution in [-0.4, -0.2) is 71.1 Å². The van der Waals surface area contributed by atoms with E-state index in [1.165, 1.54) is 0 Å². The van der Waals surface area contributed by atoms with Crippen LogP contribution in [0.1, 0.15) is 33.1 Å². The van der Waals surface area contributed by atoms with Crippen LogP contribution >= 0.6 is 0 Å². The van der Waals surface area contributed by atoms with Gasteiger partial charge in [-0.1, -0.05) is 13.8 Å². The van der Waals surface area contributed by atoms with Gasteiger partial charge >= 0.3 is 5.97 Å². The molecule has 12 nitrogen and oxygen atoms in total. The van der Waals surface area contributed by atoms with Crippen LogP contribution < -0.4 is 27.4 Å². The van der Waals surface area contributed by atoms with Gasteiger partial charge in [0.15, 0.2) is 0 Å². The average Bonchev–Trinajstić information content (AvgIpc) is 2.60. The molecule has 0 aromatic heterocycles. The van der Waals surface area contributed by atoms with Crippen molar-refractivity contribution in [2.24, 2.45) is 17.4 Å². The van der Waals surface area contributed by atoms with Crippen LogP contribution in [0.5, 0.6) is 0 Å². The van der Waals surface area contributed by atoms with E-state index in [0.717, 1.165) is 0 Å². The maximum Gasteiger partial charge on any atom is 0.326 e. The number of rotatable bonds is 13. The number of aliphatic carboxylic acids is 1. The van der Waals surface area contributed by atoms with Crippen LogP contribution in [0.4, 0.5) is 0 Å². The van der Waals surface area contributed by atoms with Crippen LogP contribution in [0.3, 0.4) is 0 Å². The maximum absolute atomic E-state index is 12.5. The second kappa shape index (κ2) is 12.6. The van der Waals surface area contributed by atoms with Gasteiger partial charge in [-0.3, -0.25) is 19.2 Å². The summed E-state index contributed by atoms with van der Waals surface area (Å²) in [6.45, 7) is 2.46. The quantitative estimate of drug-likeness (QED) is 0.166. The summed E-state index contributed by atoms with van der Waals surface area (Å²) >= 11 is 0. The Labute approximate surface area is 162 Å². The summed E-state index contributed by atoms with van der Waals surface area (Å²) in [5, 5.41) is 25.3. The summed E-state index contributed by atoms with van der Waals surface area (Å²) in [4.78, 5) is 58.2. The molecule has 9 N–H and O–H groups in total. The van der Waals surface area contributed by atoms with Gasteiger partial charge in [0.25, 0.3) is 0 Å². The van der Waals surface area contributed by atoms with Crippen LogP contribution in [0.2, 0.25) is 0 Å². The van der Waals surface area contributed by atoms with Crippen molar-refractivity contribution in [3.05, 3.63) is 0 Å². The number of aliphatic hydroxyl groups is 1. The molecule has 0 radical (unpaired) electrons. The summed E-state index contributed by atoms with van der Waals surface area (Å²) in [7, 11) is 0. The lowest BCUT2D eigenvalue weighted by atomic mass is 10.0. The molecule has 3 atom stereocenters. The molecule has 0 rings (SSSR count). The molecule has 12 heteroatoms. The molecule has 4 amide bonds. The van der Waals surface area contributed by atoms with Crippen molar-refractivity contribution in [2.75, 3.05) is 13.2 Å². The fraction of sp³-hybridized carbons (Fsp3) is 0.688. The number of carbonyl (C=O) groups is 5. The molecular weight excluding hydrogens is 374 g/mol. The number of aliphatic hydroxyl groups excluding tert-OH is 1. The second-order valence-electron chi connectivity index (χ2n) is 6.60. The van der Waals surface area contributed by atoms with E-state index in [1.54, 1.807) is 13.8 Å². The van der Waals surface area contributed by atoms with E-state index in [9.17, 15) is 34.2 Å². The van der Waals surface area contributed by atoms with Crippen molar-refractivity contribution < 1.29 is 34.2 Å². The number of carbonyl (C=O) groups excluding carboxylic acids is 4. The molecule has 0 saturated heterocycles. The van der Waals surface area contributed by atoms with E-state index < -0.39 is 54.3 Å². The van der Waals surface area contributed by atoms with E-state index in [2.05, 4.69) is 16.0 Å². The van der Waals surface area contributed by atoms with Crippen molar-refractivity contribution in [3.63, 3.8) is 0 Å². The summed E-state index contributed by atoms with van der Waals surface area (Å²) in [5.41, 5.74) is 10.1. The molecule has 0 aromatic rings. The van der Waals surface area contributed by atoms with Gasteiger partial charge in [-0.25, -0.2) is 4.79 Å². The molecule has 3 unspecified atom stereocenters. The number of nitrogens with two attached hydrogens (primary N) is 2. The topological polar surface area (TPSA) is 214 Å². The smallest absolute Gasteiger partial charge is 0.326 e. The molecule has 0 fully saturated rings. The Hall–Kier alpha value is -2.73. The molecule has 0 heterocycles. The number of carboxylic acid groups (broad SMARTS) is 1. The lowest BCUT2D eigenvalue weighted by molar-refractivity contribution is -0.142. The van der Waals surface area contributed by atoms with Crippen molar-refractivity contribution in [1.29, 1.82) is 0 Å². The number of hydrogen-bond donors (Lipinski definition) is 7. The van der Waals surface area contributed by atoms with Gasteiger partial charge in [0.1, 0.15) is 18.1 Å². The largest absolute Gasteiger partial charge is 0.480 e. The summed E-state index contributed by atoms with van der Waals surface area (Å²) in [6, 6.07) is -3.80. The normalized spacial score (nSPS) is 13.9. The lowest BCUT2D eigenvalue weighted by Gasteiger charge is -2.24. The highest BCUT2D eigenvalue weighted by molar-refractivity contribution is 5.93. The number of hydrogen-bond acceptors (Lipinski definition) is 7. The molecule has 0 aliphatic rings. The summed E-state index contributed by atoms with van der Waals surface area (Å²) < 4.78 is 0. The Morgan fingerprint density at radius 3 is 1.89 bits per heavy atom. The number of primary amides is 1. The van der Waals surface area contributed by atoms with E-state index >= 15 is 0 Å². The van der Waals surface area contributed by atoms with Crippen LogP contribution in [0.15, 0.2) is 0 Å². The summed E-state index contributed by atoms with van der Waals surface area (Å²) in [6.07, 6.45) is -0.274. The highest BCUT2D eigenvalue weighted by Crippen LogP contribution is 2.07. The predicted octanol–water partition coefficient (Wildman–Crippen LogP) is -3.21. The SMILES string of the molecule is CC(C)CC(NC(=O)C(CO)NC(=O)CN)C(=O)NC(CCC(N)=O)C(=O)O. The minimum absolute atomic E-state index is 0.0452. The van der Waals surface area contributed by atoms with Gasteiger partial charge in [0, 0.05) is 6.42 Å². The number of amides is 4. The van der Waals surface area contributed by atoms with Gasteiger partial charge < -0.3 is 37.6 Å². The first-order valence-corrected chi connectivity index (χ1v) is 8.73. The van der Waals surface area contributed by atoms with Crippen LogP contribution in [0.25, 0.3) is 0 Å². The molecule has 0 spiro atoms. The minimum Gasteiger partial charge on any atom is -0.480 e. The molecule has 0 aliphatic heterocycles. The van der Waals surface area contributed by atoms with Gasteiger partial charge in [-0.15, -0.1) is 0 Å². The highest BCUT2D eigenvalue weighted by atomic mass is 16.4. The molecule has 28 heavy (non-hydrogen) atoms. The van der Waals surface area contributed by atoms with Crippen molar-refractivity contribution >= 4 is 29.6 Å². The zero-order valence-corrected chi connectivity index (χ0v) is 15.9. The van der Waals surface area contributed by atoms with E-state index in [1.807, 2.05) is 0 Å². The minimum atomic E-state index is -1.36. The molecule has 0 bridgehead atoms. The molecule has 0 aromatic carbocycles. The Bertz CT molecular complexity index is 582. The van der Waals surface area contributed by atoms with E-state index in [-0.39, 0.29) is 31.7 Å². The number of nitrogens with one attached hydrogen (secondary N) is 3. The number of carboxylic acids is 1. The lowest BCUT2D eigenvalue weighted by Crippen LogP contribution is -2.57. The third-order valence-electron chi connectivity index (χ3n) is 3.65. The first-order valence-electron chi connectivity index (χ1n) is 8.73. The Kier molecular flexibility index (Phi) is 11.4. The molecular formula is C16H29N5O7. The summed E-state index contributed by atoms with van der Waals surface area (Å²) in [5.74, 6) is -4.39. The Morgan fingerprint density at radius 2 is 1.46 bits per heavy atom. The molecule has 0 aliphatic carbocycles. The molecule has 160 valence electrons. The monoisotopic (exact) mass is 403 g/mol. The van der Waals surface area contributed by atoms with Gasteiger partial charge in [-0.2, -0.15) is 0 Å². The fourth-order valence-electron chi connectivity index (χ4n) is 2.24. The first-order chi connectivity index (χ1) is 13.0. The van der Waals surface area contributed by atoms with E-state index in [0.29, 0.717) is 0 Å². The molecule has 0 saturated carbocycles. The third kappa shape index (κ3) is 9.83. The van der Waals surface area contributed by atoms with Gasteiger partial charge in [-0.05, 0) is 18.8 Å². The van der Waals surface area contributed by atoms with Crippen LogP contribution in [-0.2, 0) is 24.0 Å². The zero-order chi connectivity index (χ0) is 21.9. The van der Waals surface area contributed by atoms with Gasteiger partial charge in [0.05, 0.1) is 13.2 Å². The highest BCUT2D eigenvalue weighted by Gasteiger charge is 2.29. The van der Waals surface area contributed by atoms with Crippen molar-refractivity contribution in [2.45, 2.75) is 51.2 Å². The zero-order valence-electron chi connectivity index (χ0n) is 15.9. The van der Waals surface area contributed by atoms with Crippen molar-refractivity contribution in [1.82, 2.24) is 16.0 Å². The Morgan fingerprint density at radius 1 is 0.929 bits per heavy atom. The predicted molar refractivity (Wildman–Crippen MR) is 97.5 cm³/mol. The van der Waals surface area contributed by atoms with Gasteiger partial charge in [0.2, 0.25) is 23.6 Å². The van der Waals surface area contributed by atoms with Crippen molar-refractivity contribution in [3.8, 4) is 0 Å². The van der Waals surface area contributed by atoms with Crippen LogP contribution in [0, 0.1) is 5.92 Å². The fourth-order valence-corrected chi connectivity index (χ4v) is 2.24. The third-order valence-corrected chi connectivity index (χ3v) is 3.65. The second-order valence-corrected chi connectivity index (χ2v) is 6.60. The average molecular weight is 403 g/mol. The standard InChI is InChI=1S/C16H29N5O7/c1-8(2)5-10(21-15(26)11(7-22)19-13(24)6-17)14(25)20-9(16(27)28)3-4-12(18)23/h8-11,22H,3-7,17H2,1-2H3,(H2,18,23)(H,19,24)(H,20,25)(H,21,26)(H,27,28). The first kappa shape index (κ1) is 25.3. The van der Waals surface area contributed by atoms with E-state index in [4.69, 9.17) is 11.5 Å².